The van der Waals surface area contributed by atoms with Crippen LogP contribution in [0.5, 0.6) is 11.5 Å². The molecule has 0 atom stereocenters. The lowest BCUT2D eigenvalue weighted by Gasteiger charge is -2.18. The first-order valence-corrected chi connectivity index (χ1v) is 5.70. The van der Waals surface area contributed by atoms with Crippen LogP contribution >= 0.6 is 0 Å². The summed E-state index contributed by atoms with van der Waals surface area (Å²) in [6.07, 6.45) is 0. The van der Waals surface area contributed by atoms with Gasteiger partial charge in [-0.3, -0.25) is 0 Å². The molecule has 0 spiro atoms. The fraction of sp³-hybridized carbons (Fsp3) is 0.333. The van der Waals surface area contributed by atoms with Crippen molar-refractivity contribution in [3.63, 3.8) is 0 Å². The van der Waals surface area contributed by atoms with Crippen LogP contribution in [-0.2, 0) is 6.04 Å². The van der Waals surface area contributed by atoms with E-state index in [9.17, 15) is 0 Å². The summed E-state index contributed by atoms with van der Waals surface area (Å²) in [6, 6.07) is 7.38. The van der Waals surface area contributed by atoms with E-state index in [1.165, 1.54) is 21.9 Å². The Morgan fingerprint density at radius 1 is 1.17 bits per heavy atom. The second kappa shape index (κ2) is 3.19. The maximum absolute atomic E-state index is 5.46. The first kappa shape index (κ1) is 7.67. The molecule has 1 aromatic carbocycles. The maximum atomic E-state index is 5.46. The summed E-state index contributed by atoms with van der Waals surface area (Å²) in [7, 11) is 1.20. The molecule has 1 aliphatic heterocycles. The molecule has 64 valence electrons. The molecule has 0 fully saturated rings. The second-order valence-electron chi connectivity index (χ2n) is 2.83. The van der Waals surface area contributed by atoms with Crippen LogP contribution in [-0.4, -0.2) is 23.5 Å². The normalized spacial score (nSPS) is 14.7. The molecule has 0 N–H and O–H groups in total. The Morgan fingerprint density at radius 3 is 2.67 bits per heavy atom. The van der Waals surface area contributed by atoms with Gasteiger partial charge in [0.1, 0.15) is 13.2 Å². The third-order valence-electron chi connectivity index (χ3n) is 2.01. The molecule has 0 aromatic heterocycles. The Balaban J connectivity index is 2.36. The van der Waals surface area contributed by atoms with Crippen molar-refractivity contribution in [2.75, 3.05) is 13.2 Å². The predicted octanol–water partition coefficient (Wildman–Crippen LogP) is 0.323. The molecule has 1 aromatic rings. The Bertz CT molecular complexity index is 286. The SMILES string of the molecule is [SiH3]Cc1ccc2c(c1)OCCO2. The highest BCUT2D eigenvalue weighted by molar-refractivity contribution is 6.08. The summed E-state index contributed by atoms with van der Waals surface area (Å²) in [4.78, 5) is 0. The Hall–Kier alpha value is -0.963. The largest absolute Gasteiger partial charge is 0.486 e. The van der Waals surface area contributed by atoms with E-state index in [1.807, 2.05) is 6.07 Å². The van der Waals surface area contributed by atoms with Crippen molar-refractivity contribution in [2.24, 2.45) is 0 Å². The number of rotatable bonds is 1. The lowest BCUT2D eigenvalue weighted by Crippen LogP contribution is -2.15. The molecule has 0 amide bonds. The first-order valence-electron chi connectivity index (χ1n) is 4.28. The molecule has 0 aliphatic carbocycles. The fourth-order valence-corrected chi connectivity index (χ4v) is 1.75. The summed E-state index contributed by atoms with van der Waals surface area (Å²) in [5.74, 6) is 1.80. The van der Waals surface area contributed by atoms with Crippen LogP contribution in [0.25, 0.3) is 0 Å². The van der Waals surface area contributed by atoms with Crippen LogP contribution in [0.3, 0.4) is 0 Å². The standard InChI is InChI=1S/C9H12O2Si/c12-6-7-1-2-8-9(5-7)11-4-3-10-8/h1-2,5H,3-4,6H2,12H3. The monoisotopic (exact) mass is 180 g/mol. The number of fused-ring (bicyclic) bond motifs is 1. The van der Waals surface area contributed by atoms with Crippen LogP contribution in [0.2, 0.25) is 0 Å². The molecule has 0 saturated heterocycles. The zero-order valence-corrected chi connectivity index (χ0v) is 9.17. The topological polar surface area (TPSA) is 18.5 Å². The van der Waals surface area contributed by atoms with Crippen LogP contribution in [0.1, 0.15) is 5.56 Å². The first-order chi connectivity index (χ1) is 5.90. The van der Waals surface area contributed by atoms with Crippen LogP contribution in [0, 0.1) is 0 Å². The van der Waals surface area contributed by atoms with Gasteiger partial charge in [0.15, 0.2) is 11.5 Å². The van der Waals surface area contributed by atoms with Gasteiger partial charge in [0, 0.05) is 10.2 Å². The summed E-state index contributed by atoms with van der Waals surface area (Å²) in [5, 5.41) is 0. The van der Waals surface area contributed by atoms with Gasteiger partial charge < -0.3 is 9.47 Å². The molecule has 0 radical (unpaired) electrons. The summed E-state index contributed by atoms with van der Waals surface area (Å²) in [5.41, 5.74) is 1.35. The number of benzene rings is 1. The number of hydrogen-bond donors (Lipinski definition) is 0. The van der Waals surface area contributed by atoms with Gasteiger partial charge in [0.2, 0.25) is 0 Å². The van der Waals surface area contributed by atoms with E-state index in [0.717, 1.165) is 11.5 Å². The van der Waals surface area contributed by atoms with Crippen LogP contribution in [0.15, 0.2) is 18.2 Å². The fourth-order valence-electron chi connectivity index (χ4n) is 1.31. The van der Waals surface area contributed by atoms with Crippen molar-refractivity contribution in [3.05, 3.63) is 23.8 Å². The quantitative estimate of drug-likeness (QED) is 0.580. The minimum absolute atomic E-state index is 0.674. The minimum atomic E-state index is 0.674. The average Bonchev–Trinajstić information content (AvgIpc) is 2.17. The molecule has 0 unspecified atom stereocenters. The summed E-state index contributed by atoms with van der Waals surface area (Å²) in [6.45, 7) is 1.35. The van der Waals surface area contributed by atoms with E-state index >= 15 is 0 Å². The smallest absolute Gasteiger partial charge is 0.161 e. The number of hydrogen-bond acceptors (Lipinski definition) is 2. The van der Waals surface area contributed by atoms with E-state index in [1.54, 1.807) is 0 Å². The Kier molecular flexibility index (Phi) is 2.04. The van der Waals surface area contributed by atoms with Gasteiger partial charge in [-0.05, 0) is 23.7 Å². The lowest BCUT2D eigenvalue weighted by atomic mass is 10.2. The molecule has 2 rings (SSSR count). The summed E-state index contributed by atoms with van der Waals surface area (Å²) >= 11 is 0. The van der Waals surface area contributed by atoms with E-state index in [-0.39, 0.29) is 0 Å². The highest BCUT2D eigenvalue weighted by Gasteiger charge is 2.10. The second-order valence-corrected chi connectivity index (χ2v) is 3.54. The third-order valence-corrected chi connectivity index (χ3v) is 2.83. The van der Waals surface area contributed by atoms with Gasteiger partial charge in [0.05, 0.1) is 0 Å². The van der Waals surface area contributed by atoms with Crippen molar-refractivity contribution in [1.82, 2.24) is 0 Å². The lowest BCUT2D eigenvalue weighted by molar-refractivity contribution is 0.171. The van der Waals surface area contributed by atoms with E-state index < -0.39 is 0 Å². The molecule has 1 aliphatic rings. The highest BCUT2D eigenvalue weighted by atomic mass is 28.1. The Labute approximate surface area is 74.9 Å². The molecule has 0 saturated carbocycles. The molecular weight excluding hydrogens is 168 g/mol. The zero-order valence-electron chi connectivity index (χ0n) is 7.17. The van der Waals surface area contributed by atoms with Crippen molar-refractivity contribution in [2.45, 2.75) is 6.04 Å². The van der Waals surface area contributed by atoms with Crippen LogP contribution in [0.4, 0.5) is 0 Å². The maximum Gasteiger partial charge on any atom is 0.161 e. The third kappa shape index (κ3) is 1.32. The van der Waals surface area contributed by atoms with Gasteiger partial charge in [-0.15, -0.1) is 0 Å². The molecular formula is C9H12O2Si. The van der Waals surface area contributed by atoms with Crippen molar-refractivity contribution in [1.29, 1.82) is 0 Å². The van der Waals surface area contributed by atoms with Gasteiger partial charge in [0.25, 0.3) is 0 Å². The van der Waals surface area contributed by atoms with Gasteiger partial charge in [-0.1, -0.05) is 6.07 Å². The molecule has 12 heavy (non-hydrogen) atoms. The zero-order chi connectivity index (χ0) is 8.39. The molecule has 3 heteroatoms. The van der Waals surface area contributed by atoms with Crippen LogP contribution < -0.4 is 9.47 Å². The van der Waals surface area contributed by atoms with Crippen molar-refractivity contribution < 1.29 is 9.47 Å². The molecule has 2 nitrogen and oxygen atoms in total. The van der Waals surface area contributed by atoms with Crippen molar-refractivity contribution in [3.8, 4) is 11.5 Å². The number of ether oxygens (including phenoxy) is 2. The van der Waals surface area contributed by atoms with E-state index in [2.05, 4.69) is 12.1 Å². The minimum Gasteiger partial charge on any atom is -0.486 e. The highest BCUT2D eigenvalue weighted by Crippen LogP contribution is 2.30. The van der Waals surface area contributed by atoms with E-state index in [0.29, 0.717) is 13.2 Å². The van der Waals surface area contributed by atoms with Gasteiger partial charge in [-0.25, -0.2) is 0 Å². The van der Waals surface area contributed by atoms with E-state index in [4.69, 9.17) is 9.47 Å². The summed E-state index contributed by atoms with van der Waals surface area (Å²) < 4.78 is 10.9. The van der Waals surface area contributed by atoms with Gasteiger partial charge >= 0.3 is 0 Å². The molecule has 1 heterocycles. The Morgan fingerprint density at radius 2 is 1.92 bits per heavy atom. The average molecular weight is 180 g/mol. The molecule has 0 bridgehead atoms. The predicted molar refractivity (Wildman–Crippen MR) is 51.1 cm³/mol. The van der Waals surface area contributed by atoms with Gasteiger partial charge in [-0.2, -0.15) is 0 Å². The van der Waals surface area contributed by atoms with Crippen molar-refractivity contribution >= 4 is 10.2 Å².